The minimum Gasteiger partial charge on any atom is -0.496 e. The first-order chi connectivity index (χ1) is 14.5. The van der Waals surface area contributed by atoms with E-state index in [1.54, 1.807) is 29.5 Å². The summed E-state index contributed by atoms with van der Waals surface area (Å²) in [6.07, 6.45) is 0. The van der Waals surface area contributed by atoms with Crippen LogP contribution in [-0.4, -0.2) is 18.0 Å². The van der Waals surface area contributed by atoms with E-state index in [4.69, 9.17) is 32.9 Å². The number of hydrogen-bond acceptors (Lipinski definition) is 4. The summed E-state index contributed by atoms with van der Waals surface area (Å²) in [6.45, 7) is 0. The Kier molecular flexibility index (Phi) is 6.04. The minimum absolute atomic E-state index is 0.299. The second kappa shape index (κ2) is 8.88. The predicted octanol–water partition coefficient (Wildman–Crippen LogP) is 7.04. The van der Waals surface area contributed by atoms with E-state index in [1.165, 1.54) is 7.11 Å². The lowest BCUT2D eigenvalue weighted by atomic mass is 10.1. The monoisotopic (exact) mass is 454 g/mol. The predicted molar refractivity (Wildman–Crippen MR) is 124 cm³/mol. The third-order valence-electron chi connectivity index (χ3n) is 4.42. The number of nitrogens with one attached hydrogen (secondary N) is 1. The Morgan fingerprint density at radius 3 is 2.50 bits per heavy atom. The van der Waals surface area contributed by atoms with Gasteiger partial charge in [-0.25, -0.2) is 4.98 Å². The van der Waals surface area contributed by atoms with Crippen LogP contribution in [0.25, 0.3) is 21.8 Å². The van der Waals surface area contributed by atoms with Gasteiger partial charge in [0.1, 0.15) is 10.8 Å². The zero-order valence-electron chi connectivity index (χ0n) is 15.9. The van der Waals surface area contributed by atoms with E-state index in [0.29, 0.717) is 27.0 Å². The zero-order chi connectivity index (χ0) is 21.1. The van der Waals surface area contributed by atoms with Crippen LogP contribution in [0.1, 0.15) is 10.4 Å². The normalized spacial score (nSPS) is 10.6. The summed E-state index contributed by atoms with van der Waals surface area (Å²) in [5.74, 6) is 0.159. The van der Waals surface area contributed by atoms with Crippen molar-refractivity contribution in [2.45, 2.75) is 0 Å². The second-order valence-electron chi connectivity index (χ2n) is 6.42. The maximum atomic E-state index is 12.7. The third kappa shape index (κ3) is 4.49. The van der Waals surface area contributed by atoms with Crippen LogP contribution in [0.15, 0.2) is 72.1 Å². The zero-order valence-corrected chi connectivity index (χ0v) is 18.2. The smallest absolute Gasteiger partial charge is 0.259 e. The molecule has 0 aliphatic heterocycles. The van der Waals surface area contributed by atoms with Crippen molar-refractivity contribution in [3.8, 4) is 27.6 Å². The van der Waals surface area contributed by atoms with Gasteiger partial charge >= 0.3 is 0 Å². The first-order valence-electron chi connectivity index (χ1n) is 9.00. The summed E-state index contributed by atoms with van der Waals surface area (Å²) in [5, 5.41) is 6.95. The van der Waals surface area contributed by atoms with E-state index in [-0.39, 0.29) is 5.91 Å². The lowest BCUT2D eigenvalue weighted by molar-refractivity contribution is 0.102. The number of thiazole rings is 1. The van der Waals surface area contributed by atoms with Crippen LogP contribution in [-0.2, 0) is 0 Å². The summed E-state index contributed by atoms with van der Waals surface area (Å²) >= 11 is 13.6. The van der Waals surface area contributed by atoms with Crippen molar-refractivity contribution in [3.05, 3.63) is 87.7 Å². The van der Waals surface area contributed by atoms with Gasteiger partial charge in [0.2, 0.25) is 0 Å². The van der Waals surface area contributed by atoms with Crippen LogP contribution in [0.5, 0.6) is 5.75 Å². The highest BCUT2D eigenvalue weighted by atomic mass is 35.5. The molecule has 1 amide bonds. The van der Waals surface area contributed by atoms with Gasteiger partial charge in [-0.15, -0.1) is 11.3 Å². The van der Waals surface area contributed by atoms with Crippen LogP contribution in [0, 0.1) is 0 Å². The van der Waals surface area contributed by atoms with Crippen LogP contribution >= 0.6 is 34.5 Å². The Hall–Kier alpha value is -2.86. The van der Waals surface area contributed by atoms with E-state index < -0.39 is 0 Å². The number of benzene rings is 3. The van der Waals surface area contributed by atoms with Gasteiger partial charge in [-0.05, 0) is 42.5 Å². The van der Waals surface area contributed by atoms with Gasteiger partial charge < -0.3 is 10.1 Å². The van der Waals surface area contributed by atoms with Crippen molar-refractivity contribution >= 4 is 46.1 Å². The van der Waals surface area contributed by atoms with Gasteiger partial charge in [-0.3, -0.25) is 4.79 Å². The Bertz CT molecular complexity index is 1210. The molecule has 30 heavy (non-hydrogen) atoms. The molecular weight excluding hydrogens is 439 g/mol. The standard InChI is InChI=1S/C23H16Cl2N2O2S/c1-29-21-10-9-17(25)12-19(21)22(28)26-18-4-2-3-15(11-18)20-13-30-23(27-20)14-5-7-16(24)8-6-14/h2-13H,1H3,(H,26,28). The van der Waals surface area contributed by atoms with Crippen molar-refractivity contribution in [2.75, 3.05) is 12.4 Å². The number of halogens is 2. The van der Waals surface area contributed by atoms with Gasteiger partial charge in [0, 0.05) is 32.2 Å². The van der Waals surface area contributed by atoms with Crippen molar-refractivity contribution < 1.29 is 9.53 Å². The first kappa shape index (κ1) is 20.4. The van der Waals surface area contributed by atoms with Gasteiger partial charge in [-0.1, -0.05) is 47.5 Å². The molecule has 0 spiro atoms. The Morgan fingerprint density at radius 1 is 0.967 bits per heavy atom. The third-order valence-corrected chi connectivity index (χ3v) is 5.80. The number of nitrogens with zero attached hydrogens (tertiary/aromatic N) is 1. The molecule has 4 aromatic rings. The number of anilines is 1. The average Bonchev–Trinajstić information content (AvgIpc) is 3.25. The molecule has 1 N–H and O–H groups in total. The minimum atomic E-state index is -0.299. The number of carbonyl (C=O) groups excluding carboxylic acids is 1. The second-order valence-corrected chi connectivity index (χ2v) is 8.16. The molecule has 0 saturated heterocycles. The number of methoxy groups -OCH3 is 1. The number of ether oxygens (including phenoxy) is 1. The Labute approximate surface area is 188 Å². The number of hydrogen-bond donors (Lipinski definition) is 1. The molecule has 0 aliphatic carbocycles. The summed E-state index contributed by atoms with van der Waals surface area (Å²) in [5.41, 5.74) is 3.77. The largest absolute Gasteiger partial charge is 0.496 e. The summed E-state index contributed by atoms with van der Waals surface area (Å²) in [7, 11) is 1.52. The van der Waals surface area contributed by atoms with Gasteiger partial charge in [-0.2, -0.15) is 0 Å². The van der Waals surface area contributed by atoms with E-state index in [0.717, 1.165) is 21.8 Å². The molecule has 0 aliphatic rings. The molecule has 0 saturated carbocycles. The number of rotatable bonds is 5. The van der Waals surface area contributed by atoms with E-state index in [1.807, 2.05) is 53.9 Å². The topological polar surface area (TPSA) is 51.2 Å². The number of carbonyl (C=O) groups is 1. The molecule has 7 heteroatoms. The fraction of sp³-hybridized carbons (Fsp3) is 0.0435. The lowest BCUT2D eigenvalue weighted by Gasteiger charge is -2.10. The number of amides is 1. The maximum Gasteiger partial charge on any atom is 0.259 e. The van der Waals surface area contributed by atoms with Crippen molar-refractivity contribution in [1.29, 1.82) is 0 Å². The molecule has 4 nitrogen and oxygen atoms in total. The van der Waals surface area contributed by atoms with Gasteiger partial charge in [0.05, 0.1) is 18.4 Å². The van der Waals surface area contributed by atoms with Gasteiger partial charge in [0.15, 0.2) is 0 Å². The summed E-state index contributed by atoms with van der Waals surface area (Å²) in [6, 6.07) is 20.0. The van der Waals surface area contributed by atoms with E-state index in [9.17, 15) is 4.79 Å². The van der Waals surface area contributed by atoms with Crippen LogP contribution < -0.4 is 10.1 Å². The molecule has 0 unspecified atom stereocenters. The quantitative estimate of drug-likeness (QED) is 0.351. The highest BCUT2D eigenvalue weighted by Gasteiger charge is 2.14. The molecule has 0 fully saturated rings. The molecule has 0 bridgehead atoms. The number of aromatic nitrogens is 1. The van der Waals surface area contributed by atoms with Crippen molar-refractivity contribution in [3.63, 3.8) is 0 Å². The molecule has 150 valence electrons. The molecule has 1 aromatic heterocycles. The van der Waals surface area contributed by atoms with Crippen molar-refractivity contribution in [2.24, 2.45) is 0 Å². The van der Waals surface area contributed by atoms with Crippen LogP contribution in [0.4, 0.5) is 5.69 Å². The summed E-state index contributed by atoms with van der Waals surface area (Å²) in [4.78, 5) is 17.5. The highest BCUT2D eigenvalue weighted by Crippen LogP contribution is 2.31. The summed E-state index contributed by atoms with van der Waals surface area (Å²) < 4.78 is 5.27. The molecule has 3 aromatic carbocycles. The van der Waals surface area contributed by atoms with Crippen molar-refractivity contribution in [1.82, 2.24) is 4.98 Å². The first-order valence-corrected chi connectivity index (χ1v) is 10.6. The van der Waals surface area contributed by atoms with E-state index in [2.05, 4.69) is 5.32 Å². The SMILES string of the molecule is COc1ccc(Cl)cc1C(=O)Nc1cccc(-c2csc(-c3ccc(Cl)cc3)n2)c1. The van der Waals surface area contributed by atoms with E-state index >= 15 is 0 Å². The molecular formula is C23H16Cl2N2O2S. The Balaban J connectivity index is 1.57. The Morgan fingerprint density at radius 2 is 1.73 bits per heavy atom. The van der Waals surface area contributed by atoms with Gasteiger partial charge in [0.25, 0.3) is 5.91 Å². The lowest BCUT2D eigenvalue weighted by Crippen LogP contribution is -2.13. The molecule has 4 rings (SSSR count). The van der Waals surface area contributed by atoms with Crippen LogP contribution in [0.3, 0.4) is 0 Å². The maximum absolute atomic E-state index is 12.7. The fourth-order valence-electron chi connectivity index (χ4n) is 2.94. The molecule has 1 heterocycles. The molecule has 0 atom stereocenters. The van der Waals surface area contributed by atoms with Crippen LogP contribution in [0.2, 0.25) is 10.0 Å². The molecule has 0 radical (unpaired) electrons. The highest BCUT2D eigenvalue weighted by molar-refractivity contribution is 7.13. The fourth-order valence-corrected chi connectivity index (χ4v) is 4.08. The average molecular weight is 455 g/mol.